The zero-order chi connectivity index (χ0) is 13.0. The molecule has 1 rings (SSSR count). The first-order valence-corrected chi connectivity index (χ1v) is 5.09. The lowest BCUT2D eigenvalue weighted by atomic mass is 10.1. The number of esters is 2. The summed E-state index contributed by atoms with van der Waals surface area (Å²) < 4.78 is 9.79. The lowest BCUT2D eigenvalue weighted by Crippen LogP contribution is -2.07. The van der Waals surface area contributed by atoms with Gasteiger partial charge in [-0.15, -0.1) is 0 Å². The number of aliphatic hydroxyl groups is 1. The first kappa shape index (κ1) is 13.2. The van der Waals surface area contributed by atoms with Crippen molar-refractivity contribution in [2.75, 3.05) is 0 Å². The quantitative estimate of drug-likeness (QED) is 0.639. The minimum absolute atomic E-state index is 0.117. The Labute approximate surface area is 99.0 Å². The summed E-state index contributed by atoms with van der Waals surface area (Å²) in [6.45, 7) is 4.07. The van der Waals surface area contributed by atoms with Crippen molar-refractivity contribution in [3.63, 3.8) is 0 Å². The third-order valence-corrected chi connectivity index (χ3v) is 1.96. The van der Waals surface area contributed by atoms with Crippen LogP contribution in [0.2, 0.25) is 0 Å². The summed E-state index contributed by atoms with van der Waals surface area (Å²) in [6.07, 6.45) is -0.698. The third-order valence-electron chi connectivity index (χ3n) is 1.96. The molecular formula is C12H14O5. The van der Waals surface area contributed by atoms with E-state index in [1.165, 1.54) is 26.0 Å². The third kappa shape index (κ3) is 3.88. The van der Waals surface area contributed by atoms with E-state index in [0.717, 1.165) is 0 Å². The van der Waals surface area contributed by atoms with Gasteiger partial charge >= 0.3 is 11.9 Å². The fourth-order valence-electron chi connectivity index (χ4n) is 1.26. The fourth-order valence-corrected chi connectivity index (χ4v) is 1.26. The topological polar surface area (TPSA) is 72.8 Å². The molecule has 0 aliphatic carbocycles. The predicted molar refractivity (Wildman–Crippen MR) is 59.7 cm³/mol. The molecule has 0 aliphatic rings. The average Bonchev–Trinajstić information content (AvgIpc) is 2.18. The molecule has 1 unspecified atom stereocenters. The number of benzene rings is 1. The molecule has 0 heterocycles. The predicted octanol–water partition coefficient (Wildman–Crippen LogP) is 1.59. The minimum Gasteiger partial charge on any atom is -0.423 e. The number of ether oxygens (including phenoxy) is 2. The van der Waals surface area contributed by atoms with E-state index in [4.69, 9.17) is 9.47 Å². The summed E-state index contributed by atoms with van der Waals surface area (Å²) >= 11 is 0. The van der Waals surface area contributed by atoms with Crippen LogP contribution in [0.5, 0.6) is 11.5 Å². The Kier molecular flexibility index (Phi) is 4.23. The second-order valence-corrected chi connectivity index (χ2v) is 3.57. The maximum Gasteiger partial charge on any atom is 0.308 e. The van der Waals surface area contributed by atoms with Crippen LogP contribution in [-0.2, 0) is 9.59 Å². The van der Waals surface area contributed by atoms with Gasteiger partial charge in [-0.25, -0.2) is 0 Å². The number of carbonyl (C=O) groups is 2. The van der Waals surface area contributed by atoms with Crippen LogP contribution in [0, 0.1) is 0 Å². The molecule has 17 heavy (non-hydrogen) atoms. The van der Waals surface area contributed by atoms with E-state index >= 15 is 0 Å². The van der Waals surface area contributed by atoms with E-state index in [1.54, 1.807) is 13.0 Å². The zero-order valence-electron chi connectivity index (χ0n) is 9.89. The Morgan fingerprint density at radius 3 is 2.12 bits per heavy atom. The Morgan fingerprint density at radius 2 is 1.65 bits per heavy atom. The zero-order valence-corrected chi connectivity index (χ0v) is 9.89. The van der Waals surface area contributed by atoms with E-state index < -0.39 is 18.0 Å². The molecule has 1 aromatic carbocycles. The number of aliphatic hydroxyl groups excluding tert-OH is 1. The first-order chi connectivity index (χ1) is 7.90. The molecule has 0 saturated heterocycles. The largest absolute Gasteiger partial charge is 0.423 e. The van der Waals surface area contributed by atoms with Gasteiger partial charge in [-0.1, -0.05) is 6.07 Å². The summed E-state index contributed by atoms with van der Waals surface area (Å²) in [6, 6.07) is 4.53. The number of rotatable bonds is 3. The van der Waals surface area contributed by atoms with E-state index in [2.05, 4.69) is 0 Å². The highest BCUT2D eigenvalue weighted by Gasteiger charge is 2.12. The molecule has 0 radical (unpaired) electrons. The van der Waals surface area contributed by atoms with Gasteiger partial charge < -0.3 is 14.6 Å². The fraction of sp³-hybridized carbons (Fsp3) is 0.333. The number of carbonyl (C=O) groups excluding carboxylic acids is 2. The summed E-state index contributed by atoms with van der Waals surface area (Å²) in [5, 5.41) is 9.41. The summed E-state index contributed by atoms with van der Waals surface area (Å²) in [4.78, 5) is 21.8. The van der Waals surface area contributed by atoms with E-state index in [9.17, 15) is 14.7 Å². The van der Waals surface area contributed by atoms with Crippen LogP contribution in [0.25, 0.3) is 0 Å². The van der Waals surface area contributed by atoms with Crippen molar-refractivity contribution in [3.05, 3.63) is 23.8 Å². The Hall–Kier alpha value is -1.88. The average molecular weight is 238 g/mol. The van der Waals surface area contributed by atoms with Crippen LogP contribution < -0.4 is 9.47 Å². The van der Waals surface area contributed by atoms with Gasteiger partial charge in [0.1, 0.15) is 0 Å². The van der Waals surface area contributed by atoms with Gasteiger partial charge in [0.05, 0.1) is 6.10 Å². The minimum atomic E-state index is -0.698. The van der Waals surface area contributed by atoms with Crippen molar-refractivity contribution in [1.29, 1.82) is 0 Å². The van der Waals surface area contributed by atoms with Gasteiger partial charge in [0.15, 0.2) is 11.5 Å². The Balaban J connectivity index is 3.11. The molecule has 5 nitrogen and oxygen atoms in total. The Bertz CT molecular complexity index is 437. The maximum atomic E-state index is 10.9. The number of hydrogen-bond donors (Lipinski definition) is 1. The van der Waals surface area contributed by atoms with Crippen molar-refractivity contribution in [2.24, 2.45) is 0 Å². The van der Waals surface area contributed by atoms with E-state index in [-0.39, 0.29) is 11.5 Å². The number of hydrogen-bond acceptors (Lipinski definition) is 5. The maximum absolute atomic E-state index is 10.9. The second kappa shape index (κ2) is 5.45. The molecule has 1 aromatic rings. The molecule has 92 valence electrons. The van der Waals surface area contributed by atoms with Crippen LogP contribution >= 0.6 is 0 Å². The van der Waals surface area contributed by atoms with Crippen LogP contribution in [-0.4, -0.2) is 17.0 Å². The first-order valence-electron chi connectivity index (χ1n) is 5.09. The normalized spacial score (nSPS) is 11.8. The van der Waals surface area contributed by atoms with Gasteiger partial charge in [-0.3, -0.25) is 9.59 Å². The van der Waals surface area contributed by atoms with Crippen molar-refractivity contribution in [3.8, 4) is 11.5 Å². The molecule has 1 N–H and O–H groups in total. The molecule has 0 aliphatic heterocycles. The van der Waals surface area contributed by atoms with Crippen LogP contribution in [0.1, 0.15) is 32.4 Å². The Morgan fingerprint density at radius 1 is 1.12 bits per heavy atom. The molecule has 1 atom stereocenters. The molecule has 0 fully saturated rings. The van der Waals surface area contributed by atoms with Gasteiger partial charge in [0.2, 0.25) is 0 Å². The van der Waals surface area contributed by atoms with Crippen molar-refractivity contribution in [2.45, 2.75) is 26.9 Å². The van der Waals surface area contributed by atoms with Crippen LogP contribution in [0.15, 0.2) is 18.2 Å². The molecule has 0 aromatic heterocycles. The molecule has 0 saturated carbocycles. The van der Waals surface area contributed by atoms with Gasteiger partial charge in [-0.2, -0.15) is 0 Å². The summed E-state index contributed by atoms with van der Waals surface area (Å²) in [5.74, 6) is -0.771. The van der Waals surface area contributed by atoms with Gasteiger partial charge in [0.25, 0.3) is 0 Å². The monoisotopic (exact) mass is 238 g/mol. The lowest BCUT2D eigenvalue weighted by Gasteiger charge is -2.11. The second-order valence-electron chi connectivity index (χ2n) is 3.57. The van der Waals surface area contributed by atoms with Crippen molar-refractivity contribution in [1.82, 2.24) is 0 Å². The molecule has 0 spiro atoms. The lowest BCUT2D eigenvalue weighted by molar-refractivity contribution is -0.134. The van der Waals surface area contributed by atoms with Crippen LogP contribution in [0.3, 0.4) is 0 Å². The highest BCUT2D eigenvalue weighted by molar-refractivity contribution is 5.73. The standard InChI is InChI=1S/C12H14O5/c1-7(13)10-4-5-11(16-8(2)14)12(6-10)17-9(3)15/h4-7,13H,1-3H3. The highest BCUT2D eigenvalue weighted by atomic mass is 16.6. The SMILES string of the molecule is CC(=O)Oc1ccc(C(C)O)cc1OC(C)=O. The van der Waals surface area contributed by atoms with Gasteiger partial charge in [-0.05, 0) is 24.6 Å². The van der Waals surface area contributed by atoms with Crippen LogP contribution in [0.4, 0.5) is 0 Å². The molecule has 0 bridgehead atoms. The molecule has 5 heteroatoms. The summed E-state index contributed by atoms with van der Waals surface area (Å²) in [7, 11) is 0. The van der Waals surface area contributed by atoms with Crippen molar-refractivity contribution >= 4 is 11.9 Å². The molecular weight excluding hydrogens is 224 g/mol. The molecule has 0 amide bonds. The van der Waals surface area contributed by atoms with Crippen molar-refractivity contribution < 1.29 is 24.2 Å². The smallest absolute Gasteiger partial charge is 0.308 e. The highest BCUT2D eigenvalue weighted by Crippen LogP contribution is 2.30. The van der Waals surface area contributed by atoms with E-state index in [0.29, 0.717) is 5.56 Å². The van der Waals surface area contributed by atoms with Gasteiger partial charge in [0, 0.05) is 13.8 Å². The summed E-state index contributed by atoms with van der Waals surface area (Å²) in [5.41, 5.74) is 0.567. The van der Waals surface area contributed by atoms with E-state index in [1.807, 2.05) is 0 Å².